The third-order valence-corrected chi connectivity index (χ3v) is 6.32. The summed E-state index contributed by atoms with van der Waals surface area (Å²) in [4.78, 5) is 19.7. The van der Waals surface area contributed by atoms with E-state index in [1.165, 1.54) is 16.7 Å². The van der Waals surface area contributed by atoms with Crippen LogP contribution in [0.25, 0.3) is 11.1 Å². The maximum absolute atomic E-state index is 13.3. The molecule has 2 heterocycles. The van der Waals surface area contributed by atoms with E-state index in [-0.39, 0.29) is 11.7 Å². The summed E-state index contributed by atoms with van der Waals surface area (Å²) in [5.74, 6) is 0.0813. The monoisotopic (exact) mass is 503 g/mol. The molecule has 5 rings (SSSR count). The van der Waals surface area contributed by atoms with Gasteiger partial charge in [-0.05, 0) is 60.2 Å². The first-order chi connectivity index (χ1) is 17.9. The Morgan fingerprint density at radius 3 is 2.30 bits per heavy atom. The van der Waals surface area contributed by atoms with Crippen molar-refractivity contribution in [3.05, 3.63) is 95.1 Å². The maximum atomic E-state index is 13.3. The van der Waals surface area contributed by atoms with E-state index >= 15 is 0 Å². The van der Waals surface area contributed by atoms with Crippen molar-refractivity contribution in [2.45, 2.75) is 47.5 Å². The van der Waals surface area contributed by atoms with Crippen LogP contribution < -0.4 is 4.90 Å². The molecule has 1 aliphatic carbocycles. The highest BCUT2D eigenvalue weighted by Crippen LogP contribution is 2.32. The fourth-order valence-electron chi connectivity index (χ4n) is 4.26. The van der Waals surface area contributed by atoms with Gasteiger partial charge in [0, 0.05) is 32.6 Å². The maximum Gasteiger partial charge on any atom is 0.297 e. The Morgan fingerprint density at radius 2 is 1.70 bits per heavy atom. The standard InChI is InChI=1S/C18H15F.C11H17N3O2.C2H6/c1-13-11-15(9-10-18(13)19)17-8-7-16(12-17)14-5-3-2-4-6-14;1-3-10(15)13-4-6-14(7-5-13)11-12-9(2)8-16-11;1-2/h2-6,8-12H,7H2,1H3;8H,3-7H2,1-2H3;1-2H3. The summed E-state index contributed by atoms with van der Waals surface area (Å²) in [6.45, 7) is 12.7. The van der Waals surface area contributed by atoms with Gasteiger partial charge in [-0.1, -0.05) is 69.3 Å². The number of nitrogens with zero attached hydrogens (tertiary/aromatic N) is 3. The molecule has 37 heavy (non-hydrogen) atoms. The van der Waals surface area contributed by atoms with Crippen molar-refractivity contribution >= 4 is 23.1 Å². The van der Waals surface area contributed by atoms with Gasteiger partial charge in [-0.15, -0.1) is 0 Å². The summed E-state index contributed by atoms with van der Waals surface area (Å²) in [6, 6.07) is 16.3. The van der Waals surface area contributed by atoms with E-state index in [9.17, 15) is 9.18 Å². The van der Waals surface area contributed by atoms with E-state index in [0.29, 0.717) is 18.0 Å². The molecule has 3 aromatic rings. The van der Waals surface area contributed by atoms with E-state index in [2.05, 4.69) is 46.3 Å². The first-order valence-corrected chi connectivity index (χ1v) is 13.1. The smallest absolute Gasteiger partial charge is 0.297 e. The average Bonchev–Trinajstić information content (AvgIpc) is 3.62. The van der Waals surface area contributed by atoms with Crippen molar-refractivity contribution in [2.24, 2.45) is 0 Å². The summed E-state index contributed by atoms with van der Waals surface area (Å²) in [7, 11) is 0. The number of anilines is 1. The second-order valence-corrected chi connectivity index (χ2v) is 8.86. The fourth-order valence-corrected chi connectivity index (χ4v) is 4.26. The molecule has 1 aromatic heterocycles. The number of aryl methyl sites for hydroxylation is 2. The van der Waals surface area contributed by atoms with E-state index in [0.717, 1.165) is 43.9 Å². The molecule has 196 valence electrons. The quantitative estimate of drug-likeness (QED) is 0.382. The third kappa shape index (κ3) is 7.42. The van der Waals surface area contributed by atoms with Gasteiger partial charge in [-0.25, -0.2) is 4.39 Å². The number of allylic oxidation sites excluding steroid dienone is 4. The molecule has 1 amide bonds. The molecular weight excluding hydrogens is 465 g/mol. The highest BCUT2D eigenvalue weighted by atomic mass is 19.1. The number of amides is 1. The predicted molar refractivity (Wildman–Crippen MR) is 150 cm³/mol. The zero-order valence-corrected chi connectivity index (χ0v) is 22.6. The zero-order chi connectivity index (χ0) is 26.8. The predicted octanol–water partition coefficient (Wildman–Crippen LogP) is 7.07. The van der Waals surface area contributed by atoms with Gasteiger partial charge in [0.1, 0.15) is 12.1 Å². The Labute approximate surface area is 220 Å². The SMILES string of the molecule is CC.CCC(=O)N1CCN(c2nc(C)co2)CC1.Cc1cc(C2=CCC(c3ccccc3)=C2)ccc1F. The van der Waals surface area contributed by atoms with Crippen LogP contribution in [0.3, 0.4) is 0 Å². The van der Waals surface area contributed by atoms with Crippen molar-refractivity contribution in [1.29, 1.82) is 0 Å². The topological polar surface area (TPSA) is 49.6 Å². The van der Waals surface area contributed by atoms with Crippen molar-refractivity contribution in [2.75, 3.05) is 31.1 Å². The van der Waals surface area contributed by atoms with Crippen LogP contribution in [-0.4, -0.2) is 42.0 Å². The van der Waals surface area contributed by atoms with Crippen LogP contribution in [0.1, 0.15) is 56.0 Å². The van der Waals surface area contributed by atoms with Gasteiger partial charge in [0.15, 0.2) is 0 Å². The number of rotatable bonds is 4. The fraction of sp³-hybridized carbons (Fsp3) is 0.355. The summed E-state index contributed by atoms with van der Waals surface area (Å²) < 4.78 is 18.6. The summed E-state index contributed by atoms with van der Waals surface area (Å²) in [6.07, 6.45) is 7.57. The molecule has 6 heteroatoms. The molecule has 0 atom stereocenters. The first-order valence-electron chi connectivity index (χ1n) is 13.1. The Morgan fingerprint density at radius 1 is 1.00 bits per heavy atom. The van der Waals surface area contributed by atoms with Crippen molar-refractivity contribution in [1.82, 2.24) is 9.88 Å². The van der Waals surface area contributed by atoms with E-state index < -0.39 is 0 Å². The number of piperazine rings is 1. The van der Waals surface area contributed by atoms with Crippen LogP contribution in [0, 0.1) is 19.7 Å². The van der Waals surface area contributed by atoms with E-state index in [4.69, 9.17) is 4.42 Å². The lowest BCUT2D eigenvalue weighted by molar-refractivity contribution is -0.131. The van der Waals surface area contributed by atoms with Gasteiger partial charge in [-0.2, -0.15) is 4.98 Å². The number of carbonyl (C=O) groups excluding carboxylic acids is 1. The Balaban J connectivity index is 0.000000195. The number of hydrogen-bond donors (Lipinski definition) is 0. The van der Waals surface area contributed by atoms with Gasteiger partial charge in [0.05, 0.1) is 5.69 Å². The Bertz CT molecular complexity index is 1220. The van der Waals surface area contributed by atoms with Crippen molar-refractivity contribution < 1.29 is 13.6 Å². The van der Waals surface area contributed by atoms with Gasteiger partial charge in [0.2, 0.25) is 5.91 Å². The van der Waals surface area contributed by atoms with Crippen molar-refractivity contribution in [3.8, 4) is 0 Å². The Kier molecular flexibility index (Phi) is 10.2. The molecule has 1 saturated heterocycles. The van der Waals surface area contributed by atoms with Crippen LogP contribution in [0.2, 0.25) is 0 Å². The van der Waals surface area contributed by atoms with Crippen LogP contribution in [0.4, 0.5) is 10.4 Å². The van der Waals surface area contributed by atoms with Crippen LogP contribution in [0.15, 0.2) is 71.4 Å². The number of aromatic nitrogens is 1. The number of oxazole rings is 1. The minimum absolute atomic E-state index is 0.144. The molecule has 2 aliphatic rings. The third-order valence-electron chi connectivity index (χ3n) is 6.32. The lowest BCUT2D eigenvalue weighted by Gasteiger charge is -2.33. The Hall–Kier alpha value is -3.67. The normalized spacial score (nSPS) is 14.6. The summed E-state index contributed by atoms with van der Waals surface area (Å²) in [5, 5.41) is 0. The summed E-state index contributed by atoms with van der Waals surface area (Å²) in [5.41, 5.74) is 6.43. The lowest BCUT2D eigenvalue weighted by Crippen LogP contribution is -2.48. The largest absolute Gasteiger partial charge is 0.432 e. The van der Waals surface area contributed by atoms with Gasteiger partial charge < -0.3 is 14.2 Å². The number of halogens is 1. The average molecular weight is 504 g/mol. The number of hydrogen-bond acceptors (Lipinski definition) is 4. The molecule has 0 saturated carbocycles. The molecule has 0 N–H and O–H groups in total. The molecule has 1 fully saturated rings. The summed E-state index contributed by atoms with van der Waals surface area (Å²) >= 11 is 0. The van der Waals surface area contributed by atoms with Crippen LogP contribution in [-0.2, 0) is 4.79 Å². The lowest BCUT2D eigenvalue weighted by atomic mass is 10.0. The minimum Gasteiger partial charge on any atom is -0.432 e. The van der Waals surface area contributed by atoms with E-state index in [1.807, 2.05) is 50.8 Å². The zero-order valence-electron chi connectivity index (χ0n) is 22.6. The number of carbonyl (C=O) groups is 1. The van der Waals surface area contributed by atoms with Crippen LogP contribution in [0.5, 0.6) is 0 Å². The molecule has 1 aliphatic heterocycles. The highest BCUT2D eigenvalue weighted by molar-refractivity contribution is 5.89. The molecule has 0 unspecified atom stereocenters. The van der Waals surface area contributed by atoms with E-state index in [1.54, 1.807) is 19.3 Å². The molecule has 5 nitrogen and oxygen atoms in total. The molecule has 0 spiro atoms. The highest BCUT2D eigenvalue weighted by Gasteiger charge is 2.22. The molecule has 0 bridgehead atoms. The van der Waals surface area contributed by atoms with Crippen LogP contribution >= 0.6 is 0 Å². The van der Waals surface area contributed by atoms with Gasteiger partial charge >= 0.3 is 0 Å². The molecule has 0 radical (unpaired) electrons. The van der Waals surface area contributed by atoms with Crippen molar-refractivity contribution in [3.63, 3.8) is 0 Å². The molecule has 2 aromatic carbocycles. The van der Waals surface area contributed by atoms with Gasteiger partial charge in [0.25, 0.3) is 6.01 Å². The second-order valence-electron chi connectivity index (χ2n) is 8.86. The van der Waals surface area contributed by atoms with Gasteiger partial charge in [-0.3, -0.25) is 4.79 Å². The first kappa shape index (κ1) is 27.9. The number of benzene rings is 2. The second kappa shape index (κ2) is 13.6. The minimum atomic E-state index is -0.144. The molecular formula is C31H38FN3O2.